The molecule has 3 rings (SSSR count). The van der Waals surface area contributed by atoms with E-state index in [1.165, 1.54) is 18.3 Å². The molecule has 30 heavy (non-hydrogen) atoms. The Morgan fingerprint density at radius 3 is 2.80 bits per heavy atom. The van der Waals surface area contributed by atoms with Crippen molar-refractivity contribution in [3.63, 3.8) is 0 Å². The van der Waals surface area contributed by atoms with E-state index in [9.17, 15) is 19.4 Å². The monoisotopic (exact) mass is 417 g/mol. The van der Waals surface area contributed by atoms with Gasteiger partial charge in [-0.25, -0.2) is 9.37 Å². The fourth-order valence-electron chi connectivity index (χ4n) is 3.49. The summed E-state index contributed by atoms with van der Waals surface area (Å²) in [6, 6.07) is 4.32. The summed E-state index contributed by atoms with van der Waals surface area (Å²) in [5.74, 6) is -0.0618. The van der Waals surface area contributed by atoms with Crippen LogP contribution in [0.15, 0.2) is 30.6 Å². The van der Waals surface area contributed by atoms with Crippen LogP contribution >= 0.6 is 0 Å². The maximum atomic E-state index is 13.6. The number of fused-ring (bicyclic) bond motifs is 1. The zero-order valence-electron chi connectivity index (χ0n) is 17.1. The van der Waals surface area contributed by atoms with Gasteiger partial charge in [-0.1, -0.05) is 6.42 Å². The highest BCUT2D eigenvalue weighted by molar-refractivity contribution is 5.92. The van der Waals surface area contributed by atoms with Crippen molar-refractivity contribution in [1.82, 2.24) is 14.9 Å². The molecule has 1 amide bonds. The third-order valence-electron chi connectivity index (χ3n) is 5.21. The van der Waals surface area contributed by atoms with Crippen molar-refractivity contribution in [3.8, 4) is 5.75 Å². The van der Waals surface area contributed by atoms with Gasteiger partial charge >= 0.3 is 0 Å². The lowest BCUT2D eigenvalue weighted by atomic mass is 10.0. The van der Waals surface area contributed by atoms with E-state index in [1.807, 2.05) is 0 Å². The largest absolute Gasteiger partial charge is 0.491 e. The van der Waals surface area contributed by atoms with Crippen LogP contribution in [-0.2, 0) is 6.42 Å². The molecule has 2 aromatic rings. The van der Waals surface area contributed by atoms with E-state index in [4.69, 9.17) is 4.74 Å². The van der Waals surface area contributed by atoms with Crippen LogP contribution in [0.1, 0.15) is 47.4 Å². The molecule has 2 N–H and O–H groups in total. The first-order valence-corrected chi connectivity index (χ1v) is 10.3. The average Bonchev–Trinajstić information content (AvgIpc) is 2.73. The number of hydrogen-bond acceptors (Lipinski definition) is 6. The Morgan fingerprint density at radius 1 is 1.17 bits per heavy atom. The van der Waals surface area contributed by atoms with Crippen molar-refractivity contribution in [1.29, 1.82) is 0 Å². The second-order valence-corrected chi connectivity index (χ2v) is 7.63. The van der Waals surface area contributed by atoms with Gasteiger partial charge in [0, 0.05) is 19.3 Å². The van der Waals surface area contributed by atoms with Gasteiger partial charge in [0.2, 0.25) is 0 Å². The number of rotatable bonds is 1. The number of carbonyl (C=O) groups is 1. The molecule has 1 aliphatic heterocycles. The van der Waals surface area contributed by atoms with E-state index in [0.29, 0.717) is 24.4 Å². The highest BCUT2D eigenvalue weighted by atomic mass is 19.1. The SMILES string of the molecule is Cc1cncc(C(=O)N2CCCCCc3cc(F)ccc3OC[C@@H](O)[C@@H](O)CC2)n1. The molecule has 1 aromatic carbocycles. The van der Waals surface area contributed by atoms with Gasteiger partial charge in [0.25, 0.3) is 5.91 Å². The Kier molecular flexibility index (Phi) is 7.70. The summed E-state index contributed by atoms with van der Waals surface area (Å²) in [6.45, 7) is 2.45. The second kappa shape index (κ2) is 10.4. The lowest BCUT2D eigenvalue weighted by molar-refractivity contribution is -0.0153. The summed E-state index contributed by atoms with van der Waals surface area (Å²) in [5.41, 5.74) is 1.65. The van der Waals surface area contributed by atoms with E-state index in [0.717, 1.165) is 24.8 Å². The van der Waals surface area contributed by atoms with Crippen LogP contribution in [0.25, 0.3) is 0 Å². The molecule has 2 heterocycles. The summed E-state index contributed by atoms with van der Waals surface area (Å²) < 4.78 is 19.3. The van der Waals surface area contributed by atoms with Crippen LogP contribution in [0.5, 0.6) is 5.75 Å². The van der Waals surface area contributed by atoms with Crippen molar-refractivity contribution in [2.75, 3.05) is 19.7 Å². The molecular formula is C22H28FN3O4. The normalized spacial score (nSPS) is 21.3. The van der Waals surface area contributed by atoms with Crippen molar-refractivity contribution in [2.45, 2.75) is 51.2 Å². The number of aromatic nitrogens is 2. The van der Waals surface area contributed by atoms with Gasteiger partial charge in [-0.15, -0.1) is 0 Å². The number of ether oxygens (including phenoxy) is 1. The van der Waals surface area contributed by atoms with Crippen molar-refractivity contribution in [2.24, 2.45) is 0 Å². The quantitative estimate of drug-likeness (QED) is 0.739. The minimum Gasteiger partial charge on any atom is -0.491 e. The van der Waals surface area contributed by atoms with Crippen LogP contribution in [0, 0.1) is 12.7 Å². The number of aliphatic hydroxyl groups excluding tert-OH is 2. The predicted octanol–water partition coefficient (Wildman–Crippen LogP) is 2.28. The van der Waals surface area contributed by atoms with E-state index >= 15 is 0 Å². The summed E-state index contributed by atoms with van der Waals surface area (Å²) >= 11 is 0. The average molecular weight is 417 g/mol. The molecular weight excluding hydrogens is 389 g/mol. The summed E-state index contributed by atoms with van der Waals surface area (Å²) in [5, 5.41) is 20.6. The first-order chi connectivity index (χ1) is 14.4. The minimum absolute atomic E-state index is 0.114. The molecule has 2 atom stereocenters. The number of nitrogens with zero attached hydrogens (tertiary/aromatic N) is 3. The highest BCUT2D eigenvalue weighted by Crippen LogP contribution is 2.23. The summed E-state index contributed by atoms with van der Waals surface area (Å²) in [4.78, 5) is 22.8. The van der Waals surface area contributed by atoms with Gasteiger partial charge in [-0.2, -0.15) is 0 Å². The molecule has 0 fully saturated rings. The zero-order chi connectivity index (χ0) is 21.5. The number of benzene rings is 1. The van der Waals surface area contributed by atoms with Gasteiger partial charge in [0.1, 0.15) is 30.0 Å². The Labute approximate surface area is 175 Å². The fourth-order valence-corrected chi connectivity index (χ4v) is 3.49. The third kappa shape index (κ3) is 5.96. The van der Waals surface area contributed by atoms with Gasteiger partial charge < -0.3 is 19.8 Å². The van der Waals surface area contributed by atoms with Gasteiger partial charge in [0.15, 0.2) is 0 Å². The molecule has 0 aliphatic carbocycles. The Balaban J connectivity index is 1.73. The molecule has 0 bridgehead atoms. The number of hydrogen-bond donors (Lipinski definition) is 2. The molecule has 1 aliphatic rings. The highest BCUT2D eigenvalue weighted by Gasteiger charge is 2.23. The Morgan fingerprint density at radius 2 is 2.00 bits per heavy atom. The number of carbonyl (C=O) groups excluding carboxylic acids is 1. The molecule has 0 spiro atoms. The van der Waals surface area contributed by atoms with E-state index in [1.54, 1.807) is 24.1 Å². The van der Waals surface area contributed by atoms with E-state index < -0.39 is 12.2 Å². The van der Waals surface area contributed by atoms with Gasteiger partial charge in [-0.3, -0.25) is 9.78 Å². The van der Waals surface area contributed by atoms with Crippen LogP contribution in [0.3, 0.4) is 0 Å². The predicted molar refractivity (Wildman–Crippen MR) is 109 cm³/mol. The van der Waals surface area contributed by atoms with Crippen LogP contribution < -0.4 is 4.74 Å². The smallest absolute Gasteiger partial charge is 0.274 e. The third-order valence-corrected chi connectivity index (χ3v) is 5.21. The standard InChI is InChI=1S/C22H28FN3O4/c1-15-12-24-13-18(25-15)22(29)26-9-4-2-3-5-16-11-17(23)6-7-21(16)30-14-20(28)19(27)8-10-26/h6-7,11-13,19-20,27-28H,2-5,8-10,14H2,1H3/t19-,20+/m0/s1. The molecule has 1 aromatic heterocycles. The van der Waals surface area contributed by atoms with Crippen molar-refractivity contribution < 1.29 is 24.1 Å². The summed E-state index contributed by atoms with van der Waals surface area (Å²) in [6.07, 6.45) is 4.09. The van der Waals surface area contributed by atoms with Crippen molar-refractivity contribution >= 4 is 5.91 Å². The fraction of sp³-hybridized carbons (Fsp3) is 0.500. The molecule has 162 valence electrons. The van der Waals surface area contributed by atoms with Crippen LogP contribution in [0.2, 0.25) is 0 Å². The van der Waals surface area contributed by atoms with Crippen molar-refractivity contribution in [3.05, 3.63) is 53.4 Å². The topological polar surface area (TPSA) is 95.8 Å². The molecule has 0 unspecified atom stereocenters. The number of aryl methyl sites for hydroxylation is 2. The number of halogens is 1. The molecule has 8 heteroatoms. The number of amides is 1. The van der Waals surface area contributed by atoms with Crippen LogP contribution in [-0.4, -0.2) is 62.9 Å². The maximum Gasteiger partial charge on any atom is 0.274 e. The molecule has 0 saturated heterocycles. The first kappa shape index (κ1) is 22.1. The van der Waals surface area contributed by atoms with Gasteiger partial charge in [0.05, 0.1) is 18.0 Å². The lowest BCUT2D eigenvalue weighted by Gasteiger charge is -2.26. The Bertz CT molecular complexity index is 864. The first-order valence-electron chi connectivity index (χ1n) is 10.3. The van der Waals surface area contributed by atoms with Gasteiger partial charge in [-0.05, 0) is 56.4 Å². The maximum absolute atomic E-state index is 13.6. The summed E-state index contributed by atoms with van der Waals surface area (Å²) in [7, 11) is 0. The zero-order valence-corrected chi connectivity index (χ0v) is 17.1. The number of aliphatic hydroxyl groups is 2. The molecule has 0 radical (unpaired) electrons. The molecule has 0 saturated carbocycles. The molecule has 7 nitrogen and oxygen atoms in total. The Hall–Kier alpha value is -2.58. The second-order valence-electron chi connectivity index (χ2n) is 7.63. The van der Waals surface area contributed by atoms with E-state index in [2.05, 4.69) is 9.97 Å². The van der Waals surface area contributed by atoms with Crippen LogP contribution in [0.4, 0.5) is 4.39 Å². The lowest BCUT2D eigenvalue weighted by Crippen LogP contribution is -2.39. The van der Waals surface area contributed by atoms with E-state index in [-0.39, 0.29) is 37.0 Å². The minimum atomic E-state index is -1.12.